The van der Waals surface area contributed by atoms with E-state index < -0.39 is 0 Å². The fraction of sp³-hybridized carbons (Fsp3) is 0.200. The van der Waals surface area contributed by atoms with Gasteiger partial charge in [0.2, 0.25) is 0 Å². The van der Waals surface area contributed by atoms with Crippen LogP contribution in [-0.2, 0) is 13.0 Å². The van der Waals surface area contributed by atoms with Crippen LogP contribution in [0.3, 0.4) is 0 Å². The Morgan fingerprint density at radius 1 is 1.35 bits per heavy atom. The molecule has 3 N–H and O–H groups in total. The molecular weight excluding hydrogens is 274 g/mol. The maximum Gasteiger partial charge on any atom is 0.142 e. The lowest BCUT2D eigenvalue weighted by atomic mass is 10.1. The van der Waals surface area contributed by atoms with Gasteiger partial charge >= 0.3 is 0 Å². The van der Waals surface area contributed by atoms with Crippen molar-refractivity contribution in [2.75, 3.05) is 0 Å². The lowest BCUT2D eigenvalue weighted by molar-refractivity contribution is 0.305. The van der Waals surface area contributed by atoms with Crippen LogP contribution >= 0.6 is 11.6 Å². The molecule has 0 aliphatic heterocycles. The highest BCUT2D eigenvalue weighted by Crippen LogP contribution is 2.23. The standard InChI is InChI=1S/C15H16ClN3O/c1-2-10-8-12(5-6-13(10)16)20-9-11-4-3-7-19-14(11)15(17)18/h3-8H,2,9H2,1H3,(H3,17,18). The predicted octanol–water partition coefficient (Wildman–Crippen LogP) is 3.16. The summed E-state index contributed by atoms with van der Waals surface area (Å²) in [5.74, 6) is 0.680. The minimum absolute atomic E-state index is 0.0606. The Bertz CT molecular complexity index is 628. The number of nitrogens with one attached hydrogen (secondary N) is 1. The van der Waals surface area contributed by atoms with Crippen LogP contribution in [0.4, 0.5) is 0 Å². The molecule has 0 amide bonds. The molecule has 0 unspecified atom stereocenters. The summed E-state index contributed by atoms with van der Waals surface area (Å²) in [5.41, 5.74) is 7.78. The third-order valence-corrected chi connectivity index (χ3v) is 3.31. The van der Waals surface area contributed by atoms with Crippen molar-refractivity contribution >= 4 is 17.4 Å². The number of rotatable bonds is 5. The molecule has 20 heavy (non-hydrogen) atoms. The van der Waals surface area contributed by atoms with E-state index in [2.05, 4.69) is 4.98 Å². The number of hydrogen-bond donors (Lipinski definition) is 2. The van der Waals surface area contributed by atoms with Crippen molar-refractivity contribution in [3.05, 3.63) is 58.4 Å². The minimum Gasteiger partial charge on any atom is -0.489 e. The van der Waals surface area contributed by atoms with Gasteiger partial charge in [-0.2, -0.15) is 0 Å². The number of halogens is 1. The second-order valence-electron chi connectivity index (χ2n) is 4.32. The highest BCUT2D eigenvalue weighted by molar-refractivity contribution is 6.31. The van der Waals surface area contributed by atoms with Crippen LogP contribution in [0.2, 0.25) is 5.02 Å². The monoisotopic (exact) mass is 289 g/mol. The Morgan fingerprint density at radius 2 is 2.15 bits per heavy atom. The van der Waals surface area contributed by atoms with Crippen LogP contribution in [0.5, 0.6) is 5.75 Å². The Hall–Kier alpha value is -2.07. The number of pyridine rings is 1. The van der Waals surface area contributed by atoms with Gasteiger partial charge in [-0.3, -0.25) is 10.4 Å². The summed E-state index contributed by atoms with van der Waals surface area (Å²) in [7, 11) is 0. The largest absolute Gasteiger partial charge is 0.489 e. The highest BCUT2D eigenvalue weighted by Gasteiger charge is 2.07. The number of aryl methyl sites for hydroxylation is 1. The van der Waals surface area contributed by atoms with E-state index >= 15 is 0 Å². The molecule has 0 atom stereocenters. The third-order valence-electron chi connectivity index (χ3n) is 2.94. The minimum atomic E-state index is -0.0606. The zero-order chi connectivity index (χ0) is 14.5. The lowest BCUT2D eigenvalue weighted by Crippen LogP contribution is -2.16. The lowest BCUT2D eigenvalue weighted by Gasteiger charge is -2.10. The number of hydrogen-bond acceptors (Lipinski definition) is 3. The average molecular weight is 290 g/mol. The van der Waals surface area contributed by atoms with Gasteiger partial charge in [-0.15, -0.1) is 0 Å². The van der Waals surface area contributed by atoms with Crippen LogP contribution in [0.15, 0.2) is 36.5 Å². The fourth-order valence-corrected chi connectivity index (χ4v) is 2.12. The number of amidine groups is 1. The normalized spacial score (nSPS) is 10.3. The molecule has 0 fully saturated rings. The first kappa shape index (κ1) is 14.3. The average Bonchev–Trinajstić information content (AvgIpc) is 2.46. The summed E-state index contributed by atoms with van der Waals surface area (Å²) in [6.07, 6.45) is 2.46. The molecule has 5 heteroatoms. The summed E-state index contributed by atoms with van der Waals surface area (Å²) in [4.78, 5) is 4.09. The molecule has 0 saturated carbocycles. The van der Waals surface area contributed by atoms with Crippen LogP contribution in [0, 0.1) is 5.41 Å². The molecule has 1 aromatic heterocycles. The predicted molar refractivity (Wildman–Crippen MR) is 80.4 cm³/mol. The zero-order valence-electron chi connectivity index (χ0n) is 11.2. The number of nitrogens with zero attached hydrogens (tertiary/aromatic N) is 1. The van der Waals surface area contributed by atoms with Gasteiger partial charge in [-0.25, -0.2) is 0 Å². The van der Waals surface area contributed by atoms with Crippen molar-refractivity contribution in [2.24, 2.45) is 5.73 Å². The van der Waals surface area contributed by atoms with Crippen molar-refractivity contribution in [2.45, 2.75) is 20.0 Å². The van der Waals surface area contributed by atoms with E-state index in [9.17, 15) is 0 Å². The van der Waals surface area contributed by atoms with Gasteiger partial charge in [0.25, 0.3) is 0 Å². The molecule has 0 spiro atoms. The van der Waals surface area contributed by atoms with E-state index in [0.717, 1.165) is 28.3 Å². The van der Waals surface area contributed by atoms with E-state index in [1.54, 1.807) is 12.3 Å². The van der Waals surface area contributed by atoms with Crippen molar-refractivity contribution in [3.63, 3.8) is 0 Å². The van der Waals surface area contributed by atoms with Gasteiger partial charge in [0, 0.05) is 16.8 Å². The molecule has 0 saturated heterocycles. The van der Waals surface area contributed by atoms with Crippen LogP contribution < -0.4 is 10.5 Å². The van der Waals surface area contributed by atoms with E-state index in [1.165, 1.54) is 0 Å². The Labute approximate surface area is 123 Å². The number of ether oxygens (including phenoxy) is 1. The van der Waals surface area contributed by atoms with Crippen LogP contribution in [0.1, 0.15) is 23.7 Å². The summed E-state index contributed by atoms with van der Waals surface area (Å²) in [6, 6.07) is 9.22. The Balaban J connectivity index is 2.15. The van der Waals surface area contributed by atoms with Gasteiger partial charge in [0.1, 0.15) is 23.9 Å². The SMILES string of the molecule is CCc1cc(OCc2cccnc2C(=N)N)ccc1Cl. The molecule has 104 valence electrons. The van der Waals surface area contributed by atoms with Gasteiger partial charge in [-0.1, -0.05) is 24.6 Å². The summed E-state index contributed by atoms with van der Waals surface area (Å²) in [5, 5.41) is 8.23. The van der Waals surface area contributed by atoms with E-state index in [1.807, 2.05) is 31.2 Å². The van der Waals surface area contributed by atoms with Gasteiger partial charge in [0.15, 0.2) is 0 Å². The second-order valence-corrected chi connectivity index (χ2v) is 4.73. The van der Waals surface area contributed by atoms with Crippen molar-refractivity contribution < 1.29 is 4.74 Å². The first-order valence-corrected chi connectivity index (χ1v) is 6.69. The maximum atomic E-state index is 7.49. The van der Waals surface area contributed by atoms with E-state index in [0.29, 0.717) is 12.3 Å². The molecule has 0 aliphatic rings. The number of nitrogens with two attached hydrogens (primary N) is 1. The van der Waals surface area contributed by atoms with E-state index in [4.69, 9.17) is 27.5 Å². The summed E-state index contributed by atoms with van der Waals surface area (Å²) >= 11 is 6.07. The van der Waals surface area contributed by atoms with Crippen molar-refractivity contribution in [1.82, 2.24) is 4.98 Å². The molecule has 4 nitrogen and oxygen atoms in total. The van der Waals surface area contributed by atoms with Gasteiger partial charge < -0.3 is 10.5 Å². The smallest absolute Gasteiger partial charge is 0.142 e. The Kier molecular flexibility index (Phi) is 4.58. The third kappa shape index (κ3) is 3.27. The molecular formula is C15H16ClN3O. The van der Waals surface area contributed by atoms with Gasteiger partial charge in [0.05, 0.1) is 0 Å². The Morgan fingerprint density at radius 3 is 2.85 bits per heavy atom. The molecule has 1 heterocycles. The molecule has 2 aromatic rings. The van der Waals surface area contributed by atoms with E-state index in [-0.39, 0.29) is 5.84 Å². The number of nitrogen functional groups attached to an aromatic ring is 1. The van der Waals surface area contributed by atoms with Gasteiger partial charge in [-0.05, 0) is 36.2 Å². The number of aromatic nitrogens is 1. The first-order chi connectivity index (χ1) is 9.61. The molecule has 0 bridgehead atoms. The topological polar surface area (TPSA) is 72.0 Å². The first-order valence-electron chi connectivity index (χ1n) is 6.31. The van der Waals surface area contributed by atoms with Crippen LogP contribution in [-0.4, -0.2) is 10.8 Å². The molecule has 1 aromatic carbocycles. The molecule has 0 radical (unpaired) electrons. The maximum absolute atomic E-state index is 7.49. The number of benzene rings is 1. The fourth-order valence-electron chi connectivity index (χ4n) is 1.87. The molecule has 0 aliphatic carbocycles. The molecule has 2 rings (SSSR count). The van der Waals surface area contributed by atoms with Crippen molar-refractivity contribution in [3.8, 4) is 5.75 Å². The second kappa shape index (κ2) is 6.39. The summed E-state index contributed by atoms with van der Waals surface area (Å²) in [6.45, 7) is 2.35. The quantitative estimate of drug-likeness (QED) is 0.656. The zero-order valence-corrected chi connectivity index (χ0v) is 11.9. The highest BCUT2D eigenvalue weighted by atomic mass is 35.5. The van der Waals surface area contributed by atoms with Crippen molar-refractivity contribution in [1.29, 1.82) is 5.41 Å². The summed E-state index contributed by atoms with van der Waals surface area (Å²) < 4.78 is 5.73. The van der Waals surface area contributed by atoms with Crippen LogP contribution in [0.25, 0.3) is 0 Å².